The van der Waals surface area contributed by atoms with Crippen molar-refractivity contribution in [2.24, 2.45) is 0 Å². The molecule has 0 N–H and O–H groups in total. The molecule has 0 spiro atoms. The highest BCUT2D eigenvalue weighted by Crippen LogP contribution is 2.19. The van der Waals surface area contributed by atoms with Crippen LogP contribution in [0.1, 0.15) is 30.8 Å². The van der Waals surface area contributed by atoms with Gasteiger partial charge in [-0.15, -0.1) is 0 Å². The van der Waals surface area contributed by atoms with Gasteiger partial charge < -0.3 is 4.42 Å². The first kappa shape index (κ1) is 14.3. The van der Waals surface area contributed by atoms with Crippen LogP contribution in [0.25, 0.3) is 11.0 Å². The number of nitriles is 1. The molecule has 0 radical (unpaired) electrons. The van der Waals surface area contributed by atoms with E-state index in [-0.39, 0.29) is 18.4 Å². The van der Waals surface area contributed by atoms with Gasteiger partial charge in [-0.2, -0.15) is 5.26 Å². The predicted octanol–water partition coefficient (Wildman–Crippen LogP) is 3.24. The van der Waals surface area contributed by atoms with Crippen LogP contribution in [-0.2, 0) is 0 Å². The minimum absolute atomic E-state index is 0.0483. The Kier molecular flexibility index (Phi) is 4.54. The number of hydrogen-bond donors (Lipinski definition) is 0. The molecule has 0 aliphatic heterocycles. The summed E-state index contributed by atoms with van der Waals surface area (Å²) in [6.07, 6.45) is 0.422. The lowest BCUT2D eigenvalue weighted by Crippen LogP contribution is -2.36. The fourth-order valence-electron chi connectivity index (χ4n) is 2.10. The van der Waals surface area contributed by atoms with Crippen molar-refractivity contribution in [3.63, 3.8) is 0 Å². The van der Waals surface area contributed by atoms with Gasteiger partial charge in [-0.25, -0.2) is 0 Å². The Morgan fingerprint density at radius 1 is 1.40 bits per heavy atom. The van der Waals surface area contributed by atoms with Crippen molar-refractivity contribution in [3.05, 3.63) is 36.1 Å². The zero-order valence-electron chi connectivity index (χ0n) is 11.8. The molecule has 1 aromatic carbocycles. The predicted molar refractivity (Wildman–Crippen MR) is 77.5 cm³/mol. The van der Waals surface area contributed by atoms with Gasteiger partial charge in [-0.1, -0.05) is 18.2 Å². The largest absolute Gasteiger partial charge is 0.453 e. The number of carbonyl (C=O) groups is 1. The normalized spacial score (nSPS) is 11.2. The zero-order chi connectivity index (χ0) is 14.5. The summed E-state index contributed by atoms with van der Waals surface area (Å²) in [6, 6.07) is 11.7. The summed E-state index contributed by atoms with van der Waals surface area (Å²) in [5.74, 6) is 0.335. The standard InChI is InChI=1S/C16H18N2O2/c1-12(2)18(9-5-8-17)11-14(19)16-10-13-6-3-4-7-15(13)20-16/h3-4,6-7,10,12H,5,9,11H2,1-2H3. The van der Waals surface area contributed by atoms with Crippen LogP contribution in [-0.4, -0.2) is 29.8 Å². The second kappa shape index (κ2) is 6.36. The summed E-state index contributed by atoms with van der Waals surface area (Å²) >= 11 is 0. The van der Waals surface area contributed by atoms with E-state index < -0.39 is 0 Å². The maximum Gasteiger partial charge on any atom is 0.211 e. The Morgan fingerprint density at radius 3 is 2.80 bits per heavy atom. The van der Waals surface area contributed by atoms with E-state index in [2.05, 4.69) is 6.07 Å². The van der Waals surface area contributed by atoms with Crippen molar-refractivity contribution in [2.75, 3.05) is 13.1 Å². The van der Waals surface area contributed by atoms with E-state index in [1.807, 2.05) is 43.0 Å². The van der Waals surface area contributed by atoms with E-state index in [1.165, 1.54) is 0 Å². The first-order valence-corrected chi connectivity index (χ1v) is 6.74. The summed E-state index contributed by atoms with van der Waals surface area (Å²) in [5.41, 5.74) is 0.726. The fraction of sp³-hybridized carbons (Fsp3) is 0.375. The Bertz CT molecular complexity index is 604. The van der Waals surface area contributed by atoms with Crippen LogP contribution < -0.4 is 0 Å². The van der Waals surface area contributed by atoms with Crippen molar-refractivity contribution in [2.45, 2.75) is 26.3 Å². The molecule has 0 aliphatic carbocycles. The van der Waals surface area contributed by atoms with E-state index in [0.29, 0.717) is 18.7 Å². The minimum Gasteiger partial charge on any atom is -0.453 e. The maximum atomic E-state index is 12.3. The van der Waals surface area contributed by atoms with Crippen molar-refractivity contribution in [1.29, 1.82) is 5.26 Å². The van der Waals surface area contributed by atoms with E-state index in [0.717, 1.165) is 11.0 Å². The molecule has 0 saturated heterocycles. The number of rotatable bonds is 6. The number of ketones is 1. The number of Topliss-reactive ketones (excluding diaryl/α,β-unsaturated/α-hetero) is 1. The summed E-state index contributed by atoms with van der Waals surface area (Å²) in [4.78, 5) is 14.3. The topological polar surface area (TPSA) is 57.2 Å². The molecule has 0 bridgehead atoms. The number of nitrogens with zero attached hydrogens (tertiary/aromatic N) is 2. The van der Waals surface area contributed by atoms with E-state index in [4.69, 9.17) is 9.68 Å². The van der Waals surface area contributed by atoms with Crippen molar-refractivity contribution < 1.29 is 9.21 Å². The summed E-state index contributed by atoms with van der Waals surface area (Å²) in [6.45, 7) is 4.91. The van der Waals surface area contributed by atoms with Crippen LogP contribution in [0.3, 0.4) is 0 Å². The van der Waals surface area contributed by atoms with Crippen LogP contribution in [0.4, 0.5) is 0 Å². The molecular formula is C16H18N2O2. The lowest BCUT2D eigenvalue weighted by atomic mass is 10.2. The lowest BCUT2D eigenvalue weighted by molar-refractivity contribution is 0.0882. The minimum atomic E-state index is -0.0483. The van der Waals surface area contributed by atoms with Crippen molar-refractivity contribution in [3.8, 4) is 6.07 Å². The molecule has 20 heavy (non-hydrogen) atoms. The third kappa shape index (κ3) is 3.25. The molecule has 0 unspecified atom stereocenters. The molecule has 0 saturated carbocycles. The SMILES string of the molecule is CC(C)N(CCC#N)CC(=O)c1cc2ccccc2o1. The molecule has 1 heterocycles. The number of carbonyl (C=O) groups excluding carboxylic acids is 1. The van der Waals surface area contributed by atoms with E-state index in [1.54, 1.807) is 6.07 Å². The smallest absolute Gasteiger partial charge is 0.211 e. The molecular weight excluding hydrogens is 252 g/mol. The summed E-state index contributed by atoms with van der Waals surface area (Å²) in [7, 11) is 0. The number of fused-ring (bicyclic) bond motifs is 1. The van der Waals surface area contributed by atoms with Gasteiger partial charge in [-0.3, -0.25) is 9.69 Å². The Hall–Kier alpha value is -2.12. The summed E-state index contributed by atoms with van der Waals surface area (Å²) in [5, 5.41) is 9.60. The molecule has 4 nitrogen and oxygen atoms in total. The first-order chi connectivity index (χ1) is 9.61. The molecule has 4 heteroatoms. The fourth-order valence-corrected chi connectivity index (χ4v) is 2.10. The second-order valence-electron chi connectivity index (χ2n) is 5.04. The van der Waals surface area contributed by atoms with Crippen LogP contribution in [0.15, 0.2) is 34.7 Å². The average molecular weight is 270 g/mol. The molecule has 0 aliphatic rings. The average Bonchev–Trinajstić information content (AvgIpc) is 2.86. The Balaban J connectivity index is 2.11. The van der Waals surface area contributed by atoms with Gasteiger partial charge >= 0.3 is 0 Å². The molecule has 0 atom stereocenters. The van der Waals surface area contributed by atoms with Gasteiger partial charge in [0.15, 0.2) is 5.76 Å². The van der Waals surface area contributed by atoms with Crippen LogP contribution in [0, 0.1) is 11.3 Å². The van der Waals surface area contributed by atoms with Gasteiger partial charge in [0, 0.05) is 24.4 Å². The number of para-hydroxylation sites is 1. The monoisotopic (exact) mass is 270 g/mol. The van der Waals surface area contributed by atoms with E-state index >= 15 is 0 Å². The highest BCUT2D eigenvalue weighted by atomic mass is 16.3. The number of hydrogen-bond acceptors (Lipinski definition) is 4. The van der Waals surface area contributed by atoms with Crippen LogP contribution >= 0.6 is 0 Å². The maximum absolute atomic E-state index is 12.3. The van der Waals surface area contributed by atoms with Crippen LogP contribution in [0.5, 0.6) is 0 Å². The van der Waals surface area contributed by atoms with Crippen molar-refractivity contribution >= 4 is 16.8 Å². The zero-order valence-corrected chi connectivity index (χ0v) is 11.8. The van der Waals surface area contributed by atoms with Gasteiger partial charge in [0.1, 0.15) is 5.58 Å². The quantitative estimate of drug-likeness (QED) is 0.756. The highest BCUT2D eigenvalue weighted by molar-refractivity contribution is 5.98. The molecule has 2 rings (SSSR count). The van der Waals surface area contributed by atoms with E-state index in [9.17, 15) is 4.79 Å². The lowest BCUT2D eigenvalue weighted by Gasteiger charge is -2.23. The van der Waals surface area contributed by atoms with Crippen LogP contribution in [0.2, 0.25) is 0 Å². The molecule has 1 aromatic heterocycles. The third-order valence-corrected chi connectivity index (χ3v) is 3.29. The van der Waals surface area contributed by atoms with Crippen molar-refractivity contribution in [1.82, 2.24) is 4.90 Å². The second-order valence-corrected chi connectivity index (χ2v) is 5.04. The Morgan fingerprint density at radius 2 is 2.15 bits per heavy atom. The van der Waals surface area contributed by atoms with Gasteiger partial charge in [0.05, 0.1) is 12.6 Å². The number of benzene rings is 1. The molecule has 104 valence electrons. The molecule has 0 fully saturated rings. The number of furan rings is 1. The highest BCUT2D eigenvalue weighted by Gasteiger charge is 2.18. The Labute approximate surface area is 118 Å². The van der Waals surface area contributed by atoms with Gasteiger partial charge in [0.2, 0.25) is 5.78 Å². The van der Waals surface area contributed by atoms with Gasteiger partial charge in [0.25, 0.3) is 0 Å². The molecule has 0 amide bonds. The molecule has 2 aromatic rings. The first-order valence-electron chi connectivity index (χ1n) is 6.74. The summed E-state index contributed by atoms with van der Waals surface area (Å²) < 4.78 is 5.57. The third-order valence-electron chi connectivity index (χ3n) is 3.29. The van der Waals surface area contributed by atoms with Gasteiger partial charge in [-0.05, 0) is 26.0 Å².